The summed E-state index contributed by atoms with van der Waals surface area (Å²) in [7, 11) is 6.05. The summed E-state index contributed by atoms with van der Waals surface area (Å²) < 4.78 is 5.80. The molecule has 2 atom stereocenters. The van der Waals surface area contributed by atoms with Crippen molar-refractivity contribution in [3.8, 4) is 0 Å². The van der Waals surface area contributed by atoms with Gasteiger partial charge in [-0.1, -0.05) is 48.5 Å². The fraction of sp³-hybridized carbons (Fsp3) is 0.222. The van der Waals surface area contributed by atoms with Crippen LogP contribution in [0.4, 0.5) is 0 Å². The van der Waals surface area contributed by atoms with Gasteiger partial charge in [0.05, 0.1) is 14.2 Å². The highest BCUT2D eigenvalue weighted by Crippen LogP contribution is 2.34. The number of nitrogens with one attached hydrogen (secondary N) is 1. The summed E-state index contributed by atoms with van der Waals surface area (Å²) in [6.45, 7) is 0. The first kappa shape index (κ1) is 17.0. The van der Waals surface area contributed by atoms with E-state index >= 15 is 0 Å². The number of hydrogen-bond donors (Lipinski definition) is 1. The van der Waals surface area contributed by atoms with Crippen LogP contribution in [0.5, 0.6) is 0 Å². The summed E-state index contributed by atoms with van der Waals surface area (Å²) in [5, 5.41) is 3.53. The maximum Gasteiger partial charge on any atom is 0.198 e. The molecule has 0 saturated carbocycles. The summed E-state index contributed by atoms with van der Waals surface area (Å²) in [6, 6.07) is 21.1. The van der Waals surface area contributed by atoms with Gasteiger partial charge in [0, 0.05) is 12.6 Å². The van der Waals surface area contributed by atoms with Gasteiger partial charge in [0.15, 0.2) is 11.5 Å². The second-order valence-corrected chi connectivity index (χ2v) is 5.32. The molecule has 0 aromatic heterocycles. The first-order chi connectivity index (χ1) is 10.2. The van der Waals surface area contributed by atoms with Gasteiger partial charge >= 0.3 is 0 Å². The van der Waals surface area contributed by atoms with Crippen LogP contribution < -0.4 is 29.0 Å². The minimum absolute atomic E-state index is 0. The molecule has 3 nitrogen and oxygen atoms in total. The highest BCUT2D eigenvalue weighted by atomic mass is 127. The minimum atomic E-state index is 0. The molecule has 1 heterocycles. The van der Waals surface area contributed by atoms with Gasteiger partial charge in [-0.15, -0.1) is 5.01 Å². The van der Waals surface area contributed by atoms with Crippen molar-refractivity contribution in [1.29, 1.82) is 0 Å². The number of nitrogens with zero attached hydrogens (tertiary/aromatic N) is 1. The molecule has 22 heavy (non-hydrogen) atoms. The van der Waals surface area contributed by atoms with Crippen LogP contribution in [0.15, 0.2) is 66.4 Å². The van der Waals surface area contributed by atoms with Crippen molar-refractivity contribution in [3.63, 3.8) is 0 Å². The van der Waals surface area contributed by atoms with Gasteiger partial charge in [-0.25, -0.2) is 5.01 Å². The first-order valence-corrected chi connectivity index (χ1v) is 7.19. The fourth-order valence-electron chi connectivity index (χ4n) is 3.04. The van der Waals surface area contributed by atoms with Crippen LogP contribution in [0.3, 0.4) is 0 Å². The standard InChI is InChI=1S/C18H20N2O.HI/c1-19-16(14-10-6-4-7-11-14)18(21-3)17(20(19)2)15-12-8-5-9-13-15;/h4-13,16H,1-3H3;1H. The van der Waals surface area contributed by atoms with Crippen molar-refractivity contribution in [2.24, 2.45) is 0 Å². The zero-order valence-electron chi connectivity index (χ0n) is 13.1. The molecule has 4 heteroatoms. The lowest BCUT2D eigenvalue weighted by Crippen LogP contribution is -3.11. The number of rotatable bonds is 3. The highest BCUT2D eigenvalue weighted by molar-refractivity contribution is 5.63. The van der Waals surface area contributed by atoms with Crippen LogP contribution in [0.1, 0.15) is 17.2 Å². The Morgan fingerprint density at radius 2 is 1.50 bits per heavy atom. The topological polar surface area (TPSA) is 16.9 Å². The lowest BCUT2D eigenvalue weighted by atomic mass is 10.0. The Kier molecular flexibility index (Phi) is 5.61. The largest absolute Gasteiger partial charge is 1.00 e. The Balaban J connectivity index is 0.00000176. The average molecular weight is 408 g/mol. The van der Waals surface area contributed by atoms with Gasteiger partial charge in [0.25, 0.3) is 0 Å². The normalized spacial score (nSPS) is 21.6. The predicted octanol–water partition coefficient (Wildman–Crippen LogP) is -0.878. The van der Waals surface area contributed by atoms with Crippen molar-refractivity contribution in [2.75, 3.05) is 21.2 Å². The summed E-state index contributed by atoms with van der Waals surface area (Å²) in [5.74, 6) is 1.02. The Hall–Kier alpha value is -1.37. The second-order valence-electron chi connectivity index (χ2n) is 5.32. The Labute approximate surface area is 149 Å². The third kappa shape index (κ3) is 2.91. The number of quaternary nitrogens is 1. The number of halogens is 1. The van der Waals surface area contributed by atoms with Crippen molar-refractivity contribution in [1.82, 2.24) is 5.01 Å². The van der Waals surface area contributed by atoms with Gasteiger partial charge in [0.1, 0.15) is 6.04 Å². The maximum absolute atomic E-state index is 5.80. The van der Waals surface area contributed by atoms with Gasteiger partial charge in [-0.2, -0.15) is 0 Å². The Morgan fingerprint density at radius 1 is 0.955 bits per heavy atom. The Morgan fingerprint density at radius 3 is 2.05 bits per heavy atom. The fourth-order valence-corrected chi connectivity index (χ4v) is 3.04. The summed E-state index contributed by atoms with van der Waals surface area (Å²) in [6.07, 6.45) is 0. The molecule has 3 rings (SSSR count). The number of likely N-dealkylation sites (N-methyl/N-ethyl adjacent to an activating group) is 1. The Bertz CT molecular complexity index is 643. The number of benzene rings is 2. The van der Waals surface area contributed by atoms with E-state index in [4.69, 9.17) is 4.74 Å². The third-order valence-electron chi connectivity index (χ3n) is 4.17. The van der Waals surface area contributed by atoms with E-state index in [2.05, 4.69) is 67.6 Å². The summed E-state index contributed by atoms with van der Waals surface area (Å²) >= 11 is 0. The van der Waals surface area contributed by atoms with E-state index in [9.17, 15) is 0 Å². The lowest BCUT2D eigenvalue weighted by Gasteiger charge is -2.23. The van der Waals surface area contributed by atoms with Crippen LogP contribution in [0.25, 0.3) is 5.70 Å². The number of methoxy groups -OCH3 is 1. The molecular weight excluding hydrogens is 387 g/mol. The lowest BCUT2D eigenvalue weighted by molar-refractivity contribution is -0.928. The van der Waals surface area contributed by atoms with E-state index in [0.717, 1.165) is 5.76 Å². The van der Waals surface area contributed by atoms with Crippen LogP contribution in [0.2, 0.25) is 0 Å². The zero-order valence-corrected chi connectivity index (χ0v) is 15.2. The van der Waals surface area contributed by atoms with Crippen LogP contribution in [0, 0.1) is 0 Å². The molecule has 0 bridgehead atoms. The van der Waals surface area contributed by atoms with Crippen LogP contribution in [-0.2, 0) is 4.74 Å². The van der Waals surface area contributed by atoms with Crippen LogP contribution >= 0.6 is 0 Å². The first-order valence-electron chi connectivity index (χ1n) is 7.19. The van der Waals surface area contributed by atoms with E-state index in [1.165, 1.54) is 21.8 Å². The molecule has 0 saturated heterocycles. The summed E-state index contributed by atoms with van der Waals surface area (Å²) in [4.78, 5) is 0. The molecule has 0 spiro atoms. The molecule has 0 amide bonds. The molecule has 1 aliphatic heterocycles. The molecule has 0 aliphatic carbocycles. The molecule has 2 aromatic rings. The smallest absolute Gasteiger partial charge is 0.198 e. The molecule has 0 fully saturated rings. The van der Waals surface area contributed by atoms with Gasteiger partial charge in [-0.05, 0) is 17.7 Å². The van der Waals surface area contributed by atoms with Gasteiger partial charge in [0.2, 0.25) is 0 Å². The van der Waals surface area contributed by atoms with Crippen LogP contribution in [-0.4, -0.2) is 26.2 Å². The van der Waals surface area contributed by atoms with Gasteiger partial charge < -0.3 is 28.7 Å². The molecule has 0 radical (unpaired) electrons. The van der Waals surface area contributed by atoms with E-state index < -0.39 is 0 Å². The predicted molar refractivity (Wildman–Crippen MR) is 84.2 cm³/mol. The molecule has 116 valence electrons. The van der Waals surface area contributed by atoms with E-state index in [0.29, 0.717) is 0 Å². The maximum atomic E-state index is 5.80. The van der Waals surface area contributed by atoms with Crippen molar-refractivity contribution in [3.05, 3.63) is 77.5 Å². The van der Waals surface area contributed by atoms with Gasteiger partial charge in [-0.3, -0.25) is 0 Å². The molecule has 1 aliphatic rings. The summed E-state index contributed by atoms with van der Waals surface area (Å²) in [5.41, 5.74) is 3.66. The molecule has 2 unspecified atom stereocenters. The average Bonchev–Trinajstić information content (AvgIpc) is 2.80. The van der Waals surface area contributed by atoms with E-state index in [1.54, 1.807) is 7.11 Å². The quantitative estimate of drug-likeness (QED) is 0.665. The second kappa shape index (κ2) is 7.26. The van der Waals surface area contributed by atoms with Crippen molar-refractivity contribution >= 4 is 5.70 Å². The minimum Gasteiger partial charge on any atom is -1.00 e. The van der Waals surface area contributed by atoms with E-state index in [1.807, 2.05) is 12.1 Å². The monoisotopic (exact) mass is 408 g/mol. The van der Waals surface area contributed by atoms with Crippen molar-refractivity contribution < 1.29 is 33.7 Å². The number of hydrogen-bond acceptors (Lipinski definition) is 2. The van der Waals surface area contributed by atoms with Crippen molar-refractivity contribution in [2.45, 2.75) is 6.04 Å². The third-order valence-corrected chi connectivity index (χ3v) is 4.17. The number of ether oxygens (including phenoxy) is 1. The molecular formula is C18H21IN2O. The zero-order chi connectivity index (χ0) is 14.8. The SMILES string of the molecule is COC1=C(c2ccccc2)[NH+](C)N(C)C1c1ccccc1.[I-]. The van der Waals surface area contributed by atoms with E-state index in [-0.39, 0.29) is 30.0 Å². The highest BCUT2D eigenvalue weighted by Gasteiger charge is 2.42. The molecule has 1 N–H and O–H groups in total. The molecule has 2 aromatic carbocycles.